The van der Waals surface area contributed by atoms with Crippen molar-refractivity contribution in [2.75, 3.05) is 12.4 Å². The zero-order chi connectivity index (χ0) is 21.8. The van der Waals surface area contributed by atoms with E-state index < -0.39 is 0 Å². The number of rotatable bonds is 5. The molecule has 1 fully saturated rings. The van der Waals surface area contributed by atoms with Crippen molar-refractivity contribution in [1.82, 2.24) is 14.9 Å². The van der Waals surface area contributed by atoms with Gasteiger partial charge in [0.05, 0.1) is 11.4 Å². The smallest absolute Gasteiger partial charge is 0.267 e. The van der Waals surface area contributed by atoms with E-state index in [2.05, 4.69) is 15.3 Å². The van der Waals surface area contributed by atoms with Crippen LogP contribution in [0.5, 0.6) is 0 Å². The number of aromatic nitrogens is 2. The molecule has 0 saturated heterocycles. The van der Waals surface area contributed by atoms with Gasteiger partial charge in [0.15, 0.2) is 0 Å². The number of hydrogen-bond donors (Lipinski definition) is 1. The standard InChI is InChI=1S/C24H26N4O2S/c1-16-21(31-23(26-16)20-10-6-7-15-25-20)22(29)27-18-13-11-17(12-14-18)24(30)28(2)19-8-4-3-5-9-19/h6-7,10-15,19H,3-5,8-9H2,1-2H3,(H,27,29). The molecule has 0 radical (unpaired) electrons. The van der Waals surface area contributed by atoms with Gasteiger partial charge in [0.1, 0.15) is 9.88 Å². The summed E-state index contributed by atoms with van der Waals surface area (Å²) in [5.74, 6) is -0.182. The summed E-state index contributed by atoms with van der Waals surface area (Å²) in [6.45, 7) is 1.82. The molecule has 0 atom stereocenters. The van der Waals surface area contributed by atoms with Gasteiger partial charge in [-0.25, -0.2) is 4.98 Å². The normalized spacial score (nSPS) is 14.3. The van der Waals surface area contributed by atoms with E-state index in [9.17, 15) is 9.59 Å². The number of benzene rings is 1. The Kier molecular flexibility index (Phi) is 6.42. The van der Waals surface area contributed by atoms with Crippen LogP contribution in [-0.2, 0) is 0 Å². The average molecular weight is 435 g/mol. The molecule has 2 heterocycles. The molecular weight excluding hydrogens is 408 g/mol. The van der Waals surface area contributed by atoms with Crippen molar-refractivity contribution in [3.8, 4) is 10.7 Å². The van der Waals surface area contributed by atoms with Crippen molar-refractivity contribution in [3.63, 3.8) is 0 Å². The average Bonchev–Trinajstić information content (AvgIpc) is 3.21. The molecule has 6 nitrogen and oxygen atoms in total. The van der Waals surface area contributed by atoms with Crippen LogP contribution < -0.4 is 5.32 Å². The second kappa shape index (κ2) is 9.39. The van der Waals surface area contributed by atoms with Gasteiger partial charge in [-0.2, -0.15) is 0 Å². The van der Waals surface area contributed by atoms with E-state index in [1.165, 1.54) is 30.6 Å². The van der Waals surface area contributed by atoms with Crippen molar-refractivity contribution >= 4 is 28.8 Å². The van der Waals surface area contributed by atoms with Crippen molar-refractivity contribution < 1.29 is 9.59 Å². The predicted molar refractivity (Wildman–Crippen MR) is 123 cm³/mol. The third-order valence-electron chi connectivity index (χ3n) is 5.72. The number of nitrogens with one attached hydrogen (secondary N) is 1. The summed E-state index contributed by atoms with van der Waals surface area (Å²) in [4.78, 5) is 36.8. The number of amides is 2. The lowest BCUT2D eigenvalue weighted by molar-refractivity contribution is 0.0696. The van der Waals surface area contributed by atoms with E-state index in [1.807, 2.05) is 37.1 Å². The van der Waals surface area contributed by atoms with Gasteiger partial charge in [0.2, 0.25) is 0 Å². The van der Waals surface area contributed by atoms with E-state index in [0.717, 1.165) is 23.5 Å². The highest BCUT2D eigenvalue weighted by Gasteiger charge is 2.23. The molecule has 3 aromatic rings. The number of nitrogens with zero attached hydrogens (tertiary/aromatic N) is 3. The molecule has 0 unspecified atom stereocenters. The molecule has 2 amide bonds. The van der Waals surface area contributed by atoms with Crippen molar-refractivity contribution in [1.29, 1.82) is 0 Å². The fourth-order valence-electron chi connectivity index (χ4n) is 3.93. The summed E-state index contributed by atoms with van der Waals surface area (Å²) in [5.41, 5.74) is 2.70. The number of anilines is 1. The third-order valence-corrected chi connectivity index (χ3v) is 6.90. The van der Waals surface area contributed by atoms with E-state index in [4.69, 9.17) is 0 Å². The van der Waals surface area contributed by atoms with Crippen LogP contribution >= 0.6 is 11.3 Å². The Morgan fingerprint density at radius 1 is 1.06 bits per heavy atom. The maximum atomic E-state index is 12.8. The molecule has 1 N–H and O–H groups in total. The first-order chi connectivity index (χ1) is 15.0. The second-order valence-electron chi connectivity index (χ2n) is 7.89. The molecule has 4 rings (SSSR count). The molecule has 160 valence electrons. The summed E-state index contributed by atoms with van der Waals surface area (Å²) < 4.78 is 0. The van der Waals surface area contributed by atoms with Crippen LogP contribution in [0.25, 0.3) is 10.7 Å². The number of carbonyl (C=O) groups is 2. The summed E-state index contributed by atoms with van der Waals surface area (Å²) in [6.07, 6.45) is 7.49. The lowest BCUT2D eigenvalue weighted by Gasteiger charge is -2.31. The molecule has 7 heteroatoms. The van der Waals surface area contributed by atoms with Crippen LogP contribution in [-0.4, -0.2) is 39.8 Å². The van der Waals surface area contributed by atoms with Crippen molar-refractivity contribution in [2.45, 2.75) is 45.1 Å². The quantitative estimate of drug-likeness (QED) is 0.601. The number of thiazole rings is 1. The fraction of sp³-hybridized carbons (Fsp3) is 0.333. The Balaban J connectivity index is 1.42. The molecule has 1 aliphatic rings. The van der Waals surface area contributed by atoms with Crippen LogP contribution in [0.2, 0.25) is 0 Å². The van der Waals surface area contributed by atoms with E-state index in [1.54, 1.807) is 30.5 Å². The van der Waals surface area contributed by atoms with Crippen LogP contribution in [0.15, 0.2) is 48.7 Å². The minimum absolute atomic E-state index is 0.0306. The first-order valence-electron chi connectivity index (χ1n) is 10.6. The largest absolute Gasteiger partial charge is 0.339 e. The van der Waals surface area contributed by atoms with Crippen LogP contribution in [0.4, 0.5) is 5.69 Å². The first-order valence-corrected chi connectivity index (χ1v) is 11.4. The molecule has 1 saturated carbocycles. The summed E-state index contributed by atoms with van der Waals surface area (Å²) in [5, 5.41) is 3.63. The number of carbonyl (C=O) groups excluding carboxylic acids is 2. The zero-order valence-corrected chi connectivity index (χ0v) is 18.6. The maximum absolute atomic E-state index is 12.8. The Labute approximate surface area is 186 Å². The Morgan fingerprint density at radius 2 is 1.81 bits per heavy atom. The lowest BCUT2D eigenvalue weighted by Crippen LogP contribution is -2.38. The second-order valence-corrected chi connectivity index (χ2v) is 8.89. The summed E-state index contributed by atoms with van der Waals surface area (Å²) >= 11 is 1.32. The third kappa shape index (κ3) is 4.82. The highest BCUT2D eigenvalue weighted by atomic mass is 32.1. The molecule has 0 aliphatic heterocycles. The van der Waals surface area contributed by atoms with Crippen LogP contribution in [0, 0.1) is 6.92 Å². The van der Waals surface area contributed by atoms with E-state index in [-0.39, 0.29) is 11.8 Å². The lowest BCUT2D eigenvalue weighted by atomic mass is 9.94. The monoisotopic (exact) mass is 434 g/mol. The Morgan fingerprint density at radius 3 is 2.48 bits per heavy atom. The maximum Gasteiger partial charge on any atom is 0.267 e. The van der Waals surface area contributed by atoms with Gasteiger partial charge in [-0.3, -0.25) is 14.6 Å². The van der Waals surface area contributed by atoms with E-state index >= 15 is 0 Å². The van der Waals surface area contributed by atoms with Gasteiger partial charge in [-0.1, -0.05) is 25.3 Å². The molecule has 0 bridgehead atoms. The van der Waals surface area contributed by atoms with Crippen molar-refractivity contribution in [3.05, 3.63) is 64.8 Å². The number of pyridine rings is 1. The molecule has 1 aliphatic carbocycles. The topological polar surface area (TPSA) is 75.2 Å². The molecule has 0 spiro atoms. The number of hydrogen-bond acceptors (Lipinski definition) is 5. The molecule has 2 aromatic heterocycles. The van der Waals surface area contributed by atoms with Gasteiger partial charge >= 0.3 is 0 Å². The minimum Gasteiger partial charge on any atom is -0.339 e. The molecular formula is C24H26N4O2S. The summed E-state index contributed by atoms with van der Waals surface area (Å²) in [7, 11) is 1.89. The van der Waals surface area contributed by atoms with Gasteiger partial charge in [0.25, 0.3) is 11.8 Å². The SMILES string of the molecule is Cc1nc(-c2ccccn2)sc1C(=O)Nc1ccc(C(=O)N(C)C2CCCCC2)cc1. The Bertz CT molecular complexity index is 1060. The predicted octanol–water partition coefficient (Wildman–Crippen LogP) is 5.17. The van der Waals surface area contributed by atoms with Crippen LogP contribution in [0.1, 0.15) is 57.8 Å². The van der Waals surface area contributed by atoms with Gasteiger partial charge in [-0.05, 0) is 56.2 Å². The fourth-order valence-corrected chi connectivity index (χ4v) is 4.87. The van der Waals surface area contributed by atoms with Crippen molar-refractivity contribution in [2.24, 2.45) is 0 Å². The van der Waals surface area contributed by atoms with Gasteiger partial charge in [-0.15, -0.1) is 11.3 Å². The highest BCUT2D eigenvalue weighted by molar-refractivity contribution is 7.17. The molecule has 1 aromatic carbocycles. The van der Waals surface area contributed by atoms with Crippen LogP contribution in [0.3, 0.4) is 0 Å². The van der Waals surface area contributed by atoms with E-state index in [0.29, 0.717) is 27.9 Å². The number of aryl methyl sites for hydroxylation is 1. The highest BCUT2D eigenvalue weighted by Crippen LogP contribution is 2.27. The molecule has 31 heavy (non-hydrogen) atoms. The first kappa shape index (κ1) is 21.2. The Hall–Kier alpha value is -3.06. The zero-order valence-electron chi connectivity index (χ0n) is 17.8. The minimum atomic E-state index is -0.212. The summed E-state index contributed by atoms with van der Waals surface area (Å²) in [6, 6.07) is 13.0. The van der Waals surface area contributed by atoms with Gasteiger partial charge < -0.3 is 10.2 Å². The van der Waals surface area contributed by atoms with Gasteiger partial charge in [0, 0.05) is 30.5 Å².